The van der Waals surface area contributed by atoms with E-state index in [9.17, 15) is 0 Å². The lowest BCUT2D eigenvalue weighted by Gasteiger charge is -2.40. The monoisotopic (exact) mass is 293 g/mol. The molecule has 0 aromatic carbocycles. The van der Waals surface area contributed by atoms with Crippen LogP contribution in [0.1, 0.15) is 51.9 Å². The lowest BCUT2D eigenvalue weighted by Crippen LogP contribution is -2.52. The van der Waals surface area contributed by atoms with Gasteiger partial charge in [0.2, 0.25) is 0 Å². The summed E-state index contributed by atoms with van der Waals surface area (Å²) in [4.78, 5) is 5.06. The van der Waals surface area contributed by atoms with E-state index in [0.717, 1.165) is 6.54 Å². The quantitative estimate of drug-likeness (QED) is 0.760. The molecule has 21 heavy (non-hydrogen) atoms. The zero-order chi connectivity index (χ0) is 15.1. The topological polar surface area (TPSA) is 18.5 Å². The minimum Gasteiger partial charge on any atom is -0.310 e. The van der Waals surface area contributed by atoms with Crippen LogP contribution in [-0.4, -0.2) is 62.2 Å². The summed E-state index contributed by atoms with van der Waals surface area (Å²) in [5.41, 5.74) is 1.70. The standard InChI is InChI=1S/C18H35N3/c1-4-11-19-18(16-9-7-5-6-8-10-16)14-17-15-20(2)12-13-21(17)3/h9,17-19H,4-8,10-15H2,1-3H3. The molecule has 0 aromatic rings. The van der Waals surface area contributed by atoms with E-state index in [4.69, 9.17) is 0 Å². The minimum absolute atomic E-state index is 0.599. The molecule has 0 radical (unpaired) electrons. The Morgan fingerprint density at radius 1 is 1.24 bits per heavy atom. The fraction of sp³-hybridized carbons (Fsp3) is 0.889. The van der Waals surface area contributed by atoms with Gasteiger partial charge in [-0.2, -0.15) is 0 Å². The number of hydrogen-bond acceptors (Lipinski definition) is 3. The van der Waals surface area contributed by atoms with Crippen LogP contribution in [0, 0.1) is 0 Å². The highest BCUT2D eigenvalue weighted by Gasteiger charge is 2.26. The van der Waals surface area contributed by atoms with Crippen LogP contribution < -0.4 is 5.32 Å². The first-order valence-corrected chi connectivity index (χ1v) is 9.01. The number of rotatable bonds is 6. The van der Waals surface area contributed by atoms with E-state index in [0.29, 0.717) is 12.1 Å². The molecule has 1 aliphatic heterocycles. The summed E-state index contributed by atoms with van der Waals surface area (Å²) in [6, 6.07) is 1.30. The average molecular weight is 293 g/mol. The molecule has 1 aliphatic carbocycles. The third-order valence-corrected chi connectivity index (χ3v) is 5.15. The van der Waals surface area contributed by atoms with Crippen LogP contribution in [0.25, 0.3) is 0 Å². The van der Waals surface area contributed by atoms with Gasteiger partial charge < -0.3 is 15.1 Å². The number of nitrogens with zero attached hydrogens (tertiary/aromatic N) is 2. The largest absolute Gasteiger partial charge is 0.310 e. The van der Waals surface area contributed by atoms with Crippen LogP contribution in [0.15, 0.2) is 11.6 Å². The average Bonchev–Trinajstić information content (AvgIpc) is 2.76. The number of allylic oxidation sites excluding steroid dienone is 1. The normalized spacial score (nSPS) is 27.2. The maximum atomic E-state index is 3.84. The number of hydrogen-bond donors (Lipinski definition) is 1. The molecule has 1 heterocycles. The molecule has 0 aromatic heterocycles. The maximum absolute atomic E-state index is 3.84. The molecule has 122 valence electrons. The molecule has 1 N–H and O–H groups in total. The van der Waals surface area contributed by atoms with Crippen molar-refractivity contribution in [1.82, 2.24) is 15.1 Å². The van der Waals surface area contributed by atoms with Gasteiger partial charge in [0.25, 0.3) is 0 Å². The summed E-state index contributed by atoms with van der Waals surface area (Å²) in [7, 11) is 4.56. The molecule has 0 saturated carbocycles. The van der Waals surface area contributed by atoms with Crippen LogP contribution in [-0.2, 0) is 0 Å². The zero-order valence-electron chi connectivity index (χ0n) is 14.4. The van der Waals surface area contributed by atoms with Crippen molar-refractivity contribution in [3.63, 3.8) is 0 Å². The first-order valence-electron chi connectivity index (χ1n) is 9.01. The minimum atomic E-state index is 0.599. The van der Waals surface area contributed by atoms with Gasteiger partial charge in [0.05, 0.1) is 0 Å². The van der Waals surface area contributed by atoms with Crippen LogP contribution in [0.3, 0.4) is 0 Å². The Bertz CT molecular complexity index is 326. The van der Waals surface area contributed by atoms with E-state index in [2.05, 4.69) is 42.2 Å². The lowest BCUT2D eigenvalue weighted by molar-refractivity contribution is 0.103. The molecule has 2 rings (SSSR count). The number of piperazine rings is 1. The first kappa shape index (κ1) is 17.0. The van der Waals surface area contributed by atoms with Crippen molar-refractivity contribution >= 4 is 0 Å². The van der Waals surface area contributed by atoms with E-state index < -0.39 is 0 Å². The van der Waals surface area contributed by atoms with Crippen LogP contribution in [0.2, 0.25) is 0 Å². The van der Waals surface area contributed by atoms with Crippen molar-refractivity contribution in [1.29, 1.82) is 0 Å². The number of nitrogens with one attached hydrogen (secondary N) is 1. The molecular formula is C18H35N3. The van der Waals surface area contributed by atoms with Crippen molar-refractivity contribution < 1.29 is 0 Å². The summed E-state index contributed by atoms with van der Waals surface area (Å²) in [5.74, 6) is 0. The Labute approximate surface area is 131 Å². The van der Waals surface area contributed by atoms with Crippen LogP contribution in [0.5, 0.6) is 0 Å². The summed E-state index contributed by atoms with van der Waals surface area (Å²) in [6.45, 7) is 7.05. The van der Waals surface area contributed by atoms with E-state index in [1.807, 2.05) is 0 Å². The Morgan fingerprint density at radius 3 is 2.90 bits per heavy atom. The van der Waals surface area contributed by atoms with Crippen molar-refractivity contribution in [2.24, 2.45) is 0 Å². The Kier molecular flexibility index (Phi) is 7.21. The molecule has 1 fully saturated rings. The molecule has 2 aliphatic rings. The highest BCUT2D eigenvalue weighted by molar-refractivity contribution is 5.13. The fourth-order valence-corrected chi connectivity index (χ4v) is 3.67. The van der Waals surface area contributed by atoms with Gasteiger partial charge in [-0.25, -0.2) is 0 Å². The smallest absolute Gasteiger partial charge is 0.0294 e. The van der Waals surface area contributed by atoms with Crippen molar-refractivity contribution in [2.75, 3.05) is 40.3 Å². The second-order valence-electron chi connectivity index (χ2n) is 7.02. The summed E-state index contributed by atoms with van der Waals surface area (Å²) >= 11 is 0. The fourth-order valence-electron chi connectivity index (χ4n) is 3.67. The van der Waals surface area contributed by atoms with Crippen LogP contribution >= 0.6 is 0 Å². The lowest BCUT2D eigenvalue weighted by atomic mass is 9.94. The van der Waals surface area contributed by atoms with Gasteiger partial charge in [0.15, 0.2) is 0 Å². The van der Waals surface area contributed by atoms with Crippen molar-refractivity contribution in [3.05, 3.63) is 11.6 Å². The SMILES string of the molecule is CCCNC(CC1CN(C)CCN1C)C1=CCCCCC1. The predicted molar refractivity (Wildman–Crippen MR) is 91.8 cm³/mol. The van der Waals surface area contributed by atoms with E-state index in [1.54, 1.807) is 5.57 Å². The first-order chi connectivity index (χ1) is 10.2. The van der Waals surface area contributed by atoms with Crippen molar-refractivity contribution in [3.8, 4) is 0 Å². The van der Waals surface area contributed by atoms with E-state index >= 15 is 0 Å². The second-order valence-corrected chi connectivity index (χ2v) is 7.02. The maximum Gasteiger partial charge on any atom is 0.0294 e. The molecular weight excluding hydrogens is 258 g/mol. The van der Waals surface area contributed by atoms with E-state index in [1.165, 1.54) is 64.6 Å². The van der Waals surface area contributed by atoms with Gasteiger partial charge in [0, 0.05) is 31.7 Å². The second kappa shape index (κ2) is 8.92. The van der Waals surface area contributed by atoms with Gasteiger partial charge in [-0.3, -0.25) is 0 Å². The summed E-state index contributed by atoms with van der Waals surface area (Å²) in [6.07, 6.45) is 11.8. The van der Waals surface area contributed by atoms with Crippen LogP contribution in [0.4, 0.5) is 0 Å². The van der Waals surface area contributed by atoms with Gasteiger partial charge in [-0.1, -0.05) is 25.0 Å². The van der Waals surface area contributed by atoms with Gasteiger partial charge in [-0.05, 0) is 59.2 Å². The highest BCUT2D eigenvalue weighted by atomic mass is 15.3. The van der Waals surface area contributed by atoms with Gasteiger partial charge in [0.1, 0.15) is 0 Å². The Balaban J connectivity index is 1.99. The molecule has 2 unspecified atom stereocenters. The number of likely N-dealkylation sites (N-methyl/N-ethyl adjacent to an activating group) is 2. The van der Waals surface area contributed by atoms with Gasteiger partial charge in [-0.15, -0.1) is 0 Å². The molecule has 0 amide bonds. The summed E-state index contributed by atoms with van der Waals surface area (Å²) in [5, 5.41) is 3.84. The zero-order valence-corrected chi connectivity index (χ0v) is 14.4. The molecule has 1 saturated heterocycles. The third kappa shape index (κ3) is 5.39. The highest BCUT2D eigenvalue weighted by Crippen LogP contribution is 2.24. The van der Waals surface area contributed by atoms with Gasteiger partial charge >= 0.3 is 0 Å². The molecule has 0 spiro atoms. The third-order valence-electron chi connectivity index (χ3n) is 5.15. The molecule has 3 heteroatoms. The Hall–Kier alpha value is -0.380. The van der Waals surface area contributed by atoms with E-state index in [-0.39, 0.29) is 0 Å². The predicted octanol–water partition coefficient (Wildman–Crippen LogP) is 2.88. The van der Waals surface area contributed by atoms with Crippen molar-refractivity contribution in [2.45, 2.75) is 64.0 Å². The molecule has 0 bridgehead atoms. The summed E-state index contributed by atoms with van der Waals surface area (Å²) < 4.78 is 0. The Morgan fingerprint density at radius 2 is 2.10 bits per heavy atom. The molecule has 3 nitrogen and oxygen atoms in total. The molecule has 2 atom stereocenters.